The Morgan fingerprint density at radius 3 is 3.00 bits per heavy atom. The van der Waals surface area contributed by atoms with E-state index in [4.69, 9.17) is 0 Å². The lowest BCUT2D eigenvalue weighted by Crippen LogP contribution is -2.46. The topological polar surface area (TPSA) is 78.1 Å². The van der Waals surface area contributed by atoms with Crippen molar-refractivity contribution in [1.82, 2.24) is 10.2 Å². The minimum atomic E-state index is -1.00. The van der Waals surface area contributed by atoms with Crippen LogP contribution in [0.3, 0.4) is 0 Å². The molecule has 1 aromatic heterocycles. The third-order valence-corrected chi connectivity index (χ3v) is 4.61. The van der Waals surface area contributed by atoms with Crippen LogP contribution in [0.4, 0.5) is 11.5 Å². The lowest BCUT2D eigenvalue weighted by molar-refractivity contribution is -0.126. The van der Waals surface area contributed by atoms with Gasteiger partial charge in [0, 0.05) is 24.2 Å². The second-order valence-corrected chi connectivity index (χ2v) is 6.01. The monoisotopic (exact) mass is 308 g/mol. The molecule has 0 fully saturated rings. The number of fused-ring (bicyclic) bond motifs is 4. The molecular weight excluding hydrogens is 292 g/mol. The lowest BCUT2D eigenvalue weighted by atomic mass is 9.71. The van der Waals surface area contributed by atoms with Crippen LogP contribution >= 0.6 is 0 Å². The standard InChI is InChI=1S/C17H16N4O2/c1-3-6-21-13-5-4-10(2)7-11(13)17(16(21)23)8-14(22)19-15-12(17)9-18-20-15/h3-5,7,9H,1,6,8H2,2H3,(H2,18,19,20,22)/t17-/m0/s1. The summed E-state index contributed by atoms with van der Waals surface area (Å²) in [5.74, 6) is 0.209. The highest BCUT2D eigenvalue weighted by Crippen LogP contribution is 2.51. The number of benzene rings is 1. The van der Waals surface area contributed by atoms with E-state index in [9.17, 15) is 9.59 Å². The number of aromatic amines is 1. The summed E-state index contributed by atoms with van der Waals surface area (Å²) < 4.78 is 0. The summed E-state index contributed by atoms with van der Waals surface area (Å²) in [6.07, 6.45) is 3.42. The van der Waals surface area contributed by atoms with Crippen LogP contribution in [-0.4, -0.2) is 28.6 Å². The van der Waals surface area contributed by atoms with Gasteiger partial charge in [-0.1, -0.05) is 23.8 Å². The molecule has 4 rings (SSSR count). The predicted molar refractivity (Wildman–Crippen MR) is 86.3 cm³/mol. The van der Waals surface area contributed by atoms with Crippen molar-refractivity contribution in [2.45, 2.75) is 18.8 Å². The number of hydrogen-bond donors (Lipinski definition) is 2. The summed E-state index contributed by atoms with van der Waals surface area (Å²) in [6.45, 7) is 6.13. The second-order valence-electron chi connectivity index (χ2n) is 6.01. The Hall–Kier alpha value is -2.89. The number of nitrogens with zero attached hydrogens (tertiary/aromatic N) is 2. The Balaban J connectivity index is 2.04. The zero-order chi connectivity index (χ0) is 16.2. The van der Waals surface area contributed by atoms with E-state index in [2.05, 4.69) is 22.1 Å². The molecule has 3 heterocycles. The normalized spacial score (nSPS) is 22.0. The first-order valence-electron chi connectivity index (χ1n) is 7.45. The molecule has 2 aliphatic heterocycles. The fourth-order valence-corrected chi connectivity index (χ4v) is 3.65. The SMILES string of the molecule is C=CCN1C(=O)[C@@]2(CC(=O)Nc3[nH]ncc32)c2cc(C)ccc21. The van der Waals surface area contributed by atoms with Crippen molar-refractivity contribution in [3.05, 3.63) is 53.7 Å². The molecule has 0 aliphatic carbocycles. The maximum Gasteiger partial charge on any atom is 0.243 e. The van der Waals surface area contributed by atoms with Crippen LogP contribution in [0.25, 0.3) is 0 Å². The second kappa shape index (κ2) is 4.55. The van der Waals surface area contributed by atoms with E-state index in [1.54, 1.807) is 17.2 Å². The molecule has 1 atom stereocenters. The number of carbonyl (C=O) groups is 2. The van der Waals surface area contributed by atoms with Crippen LogP contribution in [0.5, 0.6) is 0 Å². The van der Waals surface area contributed by atoms with Gasteiger partial charge in [0.1, 0.15) is 11.2 Å². The Morgan fingerprint density at radius 1 is 1.39 bits per heavy atom. The molecule has 0 radical (unpaired) electrons. The van der Waals surface area contributed by atoms with E-state index in [-0.39, 0.29) is 18.2 Å². The number of H-pyrrole nitrogens is 1. The molecule has 2 N–H and O–H groups in total. The summed E-state index contributed by atoms with van der Waals surface area (Å²) >= 11 is 0. The van der Waals surface area contributed by atoms with Gasteiger partial charge in [-0.15, -0.1) is 6.58 Å². The zero-order valence-electron chi connectivity index (χ0n) is 12.7. The third kappa shape index (κ3) is 1.66. The van der Waals surface area contributed by atoms with Crippen molar-refractivity contribution in [1.29, 1.82) is 0 Å². The summed E-state index contributed by atoms with van der Waals surface area (Å²) in [4.78, 5) is 27.2. The third-order valence-electron chi connectivity index (χ3n) is 4.61. The lowest BCUT2D eigenvalue weighted by Gasteiger charge is -2.31. The molecule has 2 aliphatic rings. The van der Waals surface area contributed by atoms with Gasteiger partial charge in [-0.25, -0.2) is 0 Å². The summed E-state index contributed by atoms with van der Waals surface area (Å²) in [5, 5.41) is 9.56. The van der Waals surface area contributed by atoms with Crippen molar-refractivity contribution in [3.63, 3.8) is 0 Å². The number of aromatic nitrogens is 2. The van der Waals surface area contributed by atoms with Crippen molar-refractivity contribution >= 4 is 23.3 Å². The summed E-state index contributed by atoms with van der Waals surface area (Å²) in [5.41, 5.74) is 2.46. The quantitative estimate of drug-likeness (QED) is 0.832. The van der Waals surface area contributed by atoms with Gasteiger partial charge in [0.25, 0.3) is 0 Å². The van der Waals surface area contributed by atoms with E-state index in [1.165, 1.54) is 0 Å². The average Bonchev–Trinajstić information content (AvgIpc) is 3.06. The molecule has 0 unspecified atom stereocenters. The predicted octanol–water partition coefficient (Wildman–Crippen LogP) is 1.88. The van der Waals surface area contributed by atoms with Crippen LogP contribution < -0.4 is 10.2 Å². The molecule has 2 aromatic rings. The molecule has 6 nitrogen and oxygen atoms in total. The first-order chi connectivity index (χ1) is 11.1. The molecule has 0 bridgehead atoms. The summed E-state index contributed by atoms with van der Waals surface area (Å²) in [7, 11) is 0. The van der Waals surface area contributed by atoms with Crippen LogP contribution in [0, 0.1) is 6.92 Å². The molecule has 23 heavy (non-hydrogen) atoms. The van der Waals surface area contributed by atoms with Gasteiger partial charge in [-0.2, -0.15) is 5.10 Å². The number of hydrogen-bond acceptors (Lipinski definition) is 3. The maximum absolute atomic E-state index is 13.3. The van der Waals surface area contributed by atoms with Gasteiger partial charge in [0.2, 0.25) is 11.8 Å². The Morgan fingerprint density at radius 2 is 2.22 bits per heavy atom. The van der Waals surface area contributed by atoms with Gasteiger partial charge in [-0.3, -0.25) is 14.7 Å². The number of rotatable bonds is 2. The minimum Gasteiger partial charge on any atom is -0.311 e. The number of nitrogens with one attached hydrogen (secondary N) is 2. The van der Waals surface area contributed by atoms with E-state index in [1.807, 2.05) is 25.1 Å². The highest BCUT2D eigenvalue weighted by Gasteiger charge is 2.56. The molecule has 6 heteroatoms. The van der Waals surface area contributed by atoms with Crippen LogP contribution in [-0.2, 0) is 15.0 Å². The minimum absolute atomic E-state index is 0.0858. The summed E-state index contributed by atoms with van der Waals surface area (Å²) in [6, 6.07) is 5.90. The van der Waals surface area contributed by atoms with E-state index in [0.717, 1.165) is 22.4 Å². The molecule has 116 valence electrons. The molecule has 0 saturated carbocycles. The molecule has 0 saturated heterocycles. The first kappa shape index (κ1) is 13.8. The molecule has 1 spiro atoms. The van der Waals surface area contributed by atoms with Gasteiger partial charge in [-0.05, 0) is 18.6 Å². The Labute approximate surface area is 133 Å². The van der Waals surface area contributed by atoms with Crippen molar-refractivity contribution < 1.29 is 9.59 Å². The van der Waals surface area contributed by atoms with Gasteiger partial charge in [0.05, 0.1) is 6.20 Å². The van der Waals surface area contributed by atoms with E-state index >= 15 is 0 Å². The van der Waals surface area contributed by atoms with Crippen molar-refractivity contribution in [2.75, 3.05) is 16.8 Å². The molecule has 2 amide bonds. The van der Waals surface area contributed by atoms with Crippen LogP contribution in [0.1, 0.15) is 23.1 Å². The largest absolute Gasteiger partial charge is 0.311 e. The number of amides is 2. The molecule has 1 aromatic carbocycles. The molecular formula is C17H16N4O2. The Bertz CT molecular complexity index is 854. The van der Waals surface area contributed by atoms with E-state index < -0.39 is 5.41 Å². The van der Waals surface area contributed by atoms with Gasteiger partial charge < -0.3 is 10.2 Å². The van der Waals surface area contributed by atoms with E-state index in [0.29, 0.717) is 12.4 Å². The Kier molecular flexibility index (Phi) is 2.72. The highest BCUT2D eigenvalue weighted by atomic mass is 16.2. The van der Waals surface area contributed by atoms with Crippen molar-refractivity contribution in [2.24, 2.45) is 0 Å². The van der Waals surface area contributed by atoms with Crippen LogP contribution in [0.15, 0.2) is 37.1 Å². The zero-order valence-corrected chi connectivity index (χ0v) is 12.7. The maximum atomic E-state index is 13.3. The average molecular weight is 308 g/mol. The highest BCUT2D eigenvalue weighted by molar-refractivity contribution is 6.15. The first-order valence-corrected chi connectivity index (χ1v) is 7.45. The smallest absolute Gasteiger partial charge is 0.243 e. The van der Waals surface area contributed by atoms with Crippen molar-refractivity contribution in [3.8, 4) is 0 Å². The number of anilines is 2. The van der Waals surface area contributed by atoms with Crippen LogP contribution in [0.2, 0.25) is 0 Å². The van der Waals surface area contributed by atoms with Gasteiger partial charge in [0.15, 0.2) is 0 Å². The van der Waals surface area contributed by atoms with Gasteiger partial charge >= 0.3 is 0 Å². The number of carbonyl (C=O) groups excluding carboxylic acids is 2. The fourth-order valence-electron chi connectivity index (χ4n) is 3.65. The fraction of sp³-hybridized carbons (Fsp3) is 0.235. The number of aryl methyl sites for hydroxylation is 1.